The van der Waals surface area contributed by atoms with E-state index in [1.807, 2.05) is 0 Å². The first kappa shape index (κ1) is 14.3. The molecule has 0 radical (unpaired) electrons. The summed E-state index contributed by atoms with van der Waals surface area (Å²) < 4.78 is 28.7. The summed E-state index contributed by atoms with van der Waals surface area (Å²) in [7, 11) is 1.44. The van der Waals surface area contributed by atoms with E-state index in [4.69, 9.17) is 14.2 Å². The van der Waals surface area contributed by atoms with E-state index >= 15 is 0 Å². The summed E-state index contributed by atoms with van der Waals surface area (Å²) in [6, 6.07) is 4.16. The molecule has 0 atom stereocenters. The van der Waals surface area contributed by atoms with Crippen LogP contribution in [0.2, 0.25) is 0 Å². The second-order valence-electron chi connectivity index (χ2n) is 4.13. The number of carbonyl (C=O) groups excluding carboxylic acids is 1. The molecule has 0 heterocycles. The first-order valence-electron chi connectivity index (χ1n) is 5.60. The van der Waals surface area contributed by atoms with Gasteiger partial charge in [-0.1, -0.05) is 0 Å². The summed E-state index contributed by atoms with van der Waals surface area (Å²) in [5.41, 5.74) is -1.24. The fourth-order valence-corrected chi connectivity index (χ4v) is 1.31. The number of ether oxygens (including phenoxy) is 3. The minimum absolute atomic E-state index is 0.0196. The molecule has 0 saturated heterocycles. The van der Waals surface area contributed by atoms with E-state index in [2.05, 4.69) is 0 Å². The smallest absolute Gasteiger partial charge is 0.349 e. The predicted octanol–water partition coefficient (Wildman–Crippen LogP) is 2.55. The average Bonchev–Trinajstić information content (AvgIpc) is 2.32. The lowest BCUT2D eigenvalue weighted by Gasteiger charge is -2.24. The van der Waals surface area contributed by atoms with Crippen molar-refractivity contribution in [2.75, 3.05) is 13.7 Å². The highest BCUT2D eigenvalue weighted by atomic mass is 19.1. The third-order valence-electron chi connectivity index (χ3n) is 2.27. The number of esters is 1. The van der Waals surface area contributed by atoms with Crippen molar-refractivity contribution in [2.45, 2.75) is 26.4 Å². The zero-order valence-electron chi connectivity index (χ0n) is 11.0. The molecule has 5 heteroatoms. The molecule has 0 spiro atoms. The van der Waals surface area contributed by atoms with Crippen LogP contribution in [0.4, 0.5) is 4.39 Å². The maximum absolute atomic E-state index is 13.7. The summed E-state index contributed by atoms with van der Waals surface area (Å²) >= 11 is 0. The Morgan fingerprint density at radius 3 is 2.56 bits per heavy atom. The fraction of sp³-hybridized carbons (Fsp3) is 0.462. The number of carbonyl (C=O) groups is 1. The van der Waals surface area contributed by atoms with Crippen molar-refractivity contribution < 1.29 is 23.4 Å². The first-order valence-corrected chi connectivity index (χ1v) is 5.60. The third kappa shape index (κ3) is 3.35. The number of halogens is 1. The highest BCUT2D eigenvalue weighted by Crippen LogP contribution is 2.26. The molecular formula is C13H17FO4. The molecule has 1 aromatic carbocycles. The van der Waals surface area contributed by atoms with Crippen LogP contribution >= 0.6 is 0 Å². The van der Waals surface area contributed by atoms with Crippen molar-refractivity contribution >= 4 is 5.97 Å². The van der Waals surface area contributed by atoms with Gasteiger partial charge in [-0.05, 0) is 32.9 Å². The van der Waals surface area contributed by atoms with Gasteiger partial charge in [-0.15, -0.1) is 0 Å². The number of hydrogen-bond donors (Lipinski definition) is 0. The lowest BCUT2D eigenvalue weighted by molar-refractivity contribution is -0.158. The van der Waals surface area contributed by atoms with Gasteiger partial charge in [0.15, 0.2) is 17.2 Å². The molecule has 0 fully saturated rings. The minimum Gasteiger partial charge on any atom is -0.497 e. The first-order chi connectivity index (χ1) is 8.40. The zero-order valence-corrected chi connectivity index (χ0v) is 11.0. The molecule has 100 valence electrons. The van der Waals surface area contributed by atoms with E-state index in [0.29, 0.717) is 5.75 Å². The topological polar surface area (TPSA) is 44.8 Å². The standard InChI is InChI=1S/C13H17FO4/c1-5-17-12(15)13(2,3)18-11-7-6-9(16-4)8-10(11)14/h6-8H,5H2,1-4H3. The van der Waals surface area contributed by atoms with Crippen molar-refractivity contribution in [3.63, 3.8) is 0 Å². The summed E-state index contributed by atoms with van der Waals surface area (Å²) in [6.07, 6.45) is 0. The highest BCUT2D eigenvalue weighted by Gasteiger charge is 2.32. The van der Waals surface area contributed by atoms with Crippen molar-refractivity contribution in [1.29, 1.82) is 0 Å². The Labute approximate surface area is 106 Å². The molecule has 4 nitrogen and oxygen atoms in total. The van der Waals surface area contributed by atoms with E-state index in [-0.39, 0.29) is 12.4 Å². The zero-order chi connectivity index (χ0) is 13.8. The summed E-state index contributed by atoms with van der Waals surface area (Å²) in [5.74, 6) is -0.769. The summed E-state index contributed by atoms with van der Waals surface area (Å²) in [4.78, 5) is 11.6. The summed E-state index contributed by atoms with van der Waals surface area (Å²) in [6.45, 7) is 4.99. The summed E-state index contributed by atoms with van der Waals surface area (Å²) in [5, 5.41) is 0. The molecule has 0 aliphatic heterocycles. The molecule has 0 amide bonds. The number of methoxy groups -OCH3 is 1. The largest absolute Gasteiger partial charge is 0.497 e. The Balaban J connectivity index is 2.87. The predicted molar refractivity (Wildman–Crippen MR) is 64.3 cm³/mol. The Hall–Kier alpha value is -1.78. The molecule has 0 unspecified atom stereocenters. The van der Waals surface area contributed by atoms with Gasteiger partial charge in [0, 0.05) is 6.07 Å². The quantitative estimate of drug-likeness (QED) is 0.759. The number of rotatable bonds is 5. The highest BCUT2D eigenvalue weighted by molar-refractivity contribution is 5.79. The van der Waals surface area contributed by atoms with Gasteiger partial charge in [0.1, 0.15) is 5.75 Å². The molecule has 0 saturated carbocycles. The number of benzene rings is 1. The Morgan fingerprint density at radius 2 is 2.06 bits per heavy atom. The van der Waals surface area contributed by atoms with Crippen LogP contribution < -0.4 is 9.47 Å². The van der Waals surface area contributed by atoms with Crippen LogP contribution in [0.1, 0.15) is 20.8 Å². The van der Waals surface area contributed by atoms with Gasteiger partial charge in [-0.3, -0.25) is 0 Å². The Bertz CT molecular complexity index is 429. The van der Waals surface area contributed by atoms with Gasteiger partial charge in [-0.25, -0.2) is 9.18 Å². The maximum atomic E-state index is 13.7. The second-order valence-corrected chi connectivity index (χ2v) is 4.13. The SMILES string of the molecule is CCOC(=O)C(C)(C)Oc1ccc(OC)cc1F. The van der Waals surface area contributed by atoms with Crippen LogP contribution in [0, 0.1) is 5.82 Å². The third-order valence-corrected chi connectivity index (χ3v) is 2.27. The Kier molecular flexibility index (Phi) is 4.53. The lowest BCUT2D eigenvalue weighted by Crippen LogP contribution is -2.40. The van der Waals surface area contributed by atoms with Gasteiger partial charge >= 0.3 is 5.97 Å². The van der Waals surface area contributed by atoms with E-state index in [1.165, 1.54) is 33.1 Å². The Morgan fingerprint density at radius 1 is 1.39 bits per heavy atom. The van der Waals surface area contributed by atoms with Gasteiger partial charge in [0.2, 0.25) is 0 Å². The van der Waals surface area contributed by atoms with Crippen molar-refractivity contribution in [1.82, 2.24) is 0 Å². The maximum Gasteiger partial charge on any atom is 0.349 e. The van der Waals surface area contributed by atoms with Crippen LogP contribution in [-0.2, 0) is 9.53 Å². The van der Waals surface area contributed by atoms with Crippen LogP contribution in [0.5, 0.6) is 11.5 Å². The van der Waals surface area contributed by atoms with Crippen molar-refractivity contribution in [2.24, 2.45) is 0 Å². The molecular weight excluding hydrogens is 239 g/mol. The van der Waals surface area contributed by atoms with E-state index in [9.17, 15) is 9.18 Å². The van der Waals surface area contributed by atoms with Gasteiger partial charge in [0.25, 0.3) is 0 Å². The minimum atomic E-state index is -1.24. The lowest BCUT2D eigenvalue weighted by atomic mass is 10.1. The van der Waals surface area contributed by atoms with Gasteiger partial charge in [0.05, 0.1) is 13.7 Å². The molecule has 0 N–H and O–H groups in total. The van der Waals surface area contributed by atoms with Crippen LogP contribution in [-0.4, -0.2) is 25.3 Å². The second kappa shape index (κ2) is 5.71. The molecule has 0 aromatic heterocycles. The molecule has 0 aliphatic carbocycles. The molecule has 0 aliphatic rings. The van der Waals surface area contributed by atoms with E-state index in [1.54, 1.807) is 13.0 Å². The molecule has 1 rings (SSSR count). The average molecular weight is 256 g/mol. The normalized spacial score (nSPS) is 10.9. The van der Waals surface area contributed by atoms with Crippen LogP contribution in [0.3, 0.4) is 0 Å². The number of hydrogen-bond acceptors (Lipinski definition) is 4. The van der Waals surface area contributed by atoms with Crippen LogP contribution in [0.25, 0.3) is 0 Å². The fourth-order valence-electron chi connectivity index (χ4n) is 1.31. The molecule has 18 heavy (non-hydrogen) atoms. The van der Waals surface area contributed by atoms with Gasteiger partial charge < -0.3 is 14.2 Å². The van der Waals surface area contributed by atoms with Crippen molar-refractivity contribution in [3.8, 4) is 11.5 Å². The van der Waals surface area contributed by atoms with Gasteiger partial charge in [-0.2, -0.15) is 0 Å². The van der Waals surface area contributed by atoms with E-state index < -0.39 is 17.4 Å². The van der Waals surface area contributed by atoms with E-state index in [0.717, 1.165) is 0 Å². The van der Waals surface area contributed by atoms with Crippen LogP contribution in [0.15, 0.2) is 18.2 Å². The molecule has 1 aromatic rings. The molecule has 0 bridgehead atoms. The van der Waals surface area contributed by atoms with Crippen molar-refractivity contribution in [3.05, 3.63) is 24.0 Å². The monoisotopic (exact) mass is 256 g/mol.